The number of fused-ring (bicyclic) bond motifs is 14. The standard InChI is InChI=1S/C37H43NO12/c1-16-11-10-12-17(2)36(46)38-23-15-24(40)26-27(32(23)44)31(43)21(6)34-28(26)35(45)37(8,50-34)48-14-13-25(47-9)18(3)33(49-22(7)39)20(5)30(42)19(4)29(16)41/h10-16,19-20,25,29-30,33,41-43H,3H2,1-2,4-9H3,(H,38,46)/b11-10+,14-13+,17-12-/t16-,19+,20+,25-,29-,30+,33+,37-/m0/s1. The SMILES string of the molecule is C=C1[C@@H](OC)/C=C/O[C@@]2(C)Oc3c(C)c(O)c4c(c3C2=O)C(=O)C=C(NC(=O)/C(C)=C\C=C\[C@H](C)[C@H](O)[C@@H](C)[C@@H](O)[C@@H](C)[C@@H]1OC(C)=O)C4=O. The summed E-state index contributed by atoms with van der Waals surface area (Å²) in [7, 11) is 1.36. The molecule has 268 valence electrons. The van der Waals surface area contributed by atoms with Crippen LogP contribution in [0.25, 0.3) is 0 Å². The van der Waals surface area contributed by atoms with Crippen LogP contribution in [-0.4, -0.2) is 81.9 Å². The summed E-state index contributed by atoms with van der Waals surface area (Å²) in [4.78, 5) is 66.1. The van der Waals surface area contributed by atoms with E-state index < -0.39 is 99.8 Å². The highest BCUT2D eigenvalue weighted by molar-refractivity contribution is 6.30. The number of Topliss-reactive ketones (excluding diaryl/α,β-unsaturated/α-hetero) is 2. The molecule has 0 fully saturated rings. The molecule has 13 heteroatoms. The monoisotopic (exact) mass is 693 g/mol. The number of nitrogens with one attached hydrogen (secondary N) is 1. The molecule has 0 radical (unpaired) electrons. The van der Waals surface area contributed by atoms with Crippen LogP contribution < -0.4 is 10.1 Å². The zero-order valence-corrected chi connectivity index (χ0v) is 29.2. The van der Waals surface area contributed by atoms with Crippen LogP contribution in [0.3, 0.4) is 0 Å². The number of aliphatic hydroxyl groups excluding tert-OH is 2. The minimum absolute atomic E-state index is 0.00526. The lowest BCUT2D eigenvalue weighted by atomic mass is 9.80. The maximum absolute atomic E-state index is 13.9. The lowest BCUT2D eigenvalue weighted by molar-refractivity contribution is -0.150. The first-order valence-corrected chi connectivity index (χ1v) is 16.1. The molecule has 4 aliphatic rings. The van der Waals surface area contributed by atoms with Gasteiger partial charge in [-0.2, -0.15) is 0 Å². The smallest absolute Gasteiger partial charge is 0.312 e. The summed E-state index contributed by atoms with van der Waals surface area (Å²) in [5.74, 6) is -8.74. The number of carbonyl (C=O) groups is 5. The fourth-order valence-corrected chi connectivity index (χ4v) is 6.27. The van der Waals surface area contributed by atoms with Gasteiger partial charge in [0.15, 0.2) is 5.78 Å². The highest BCUT2D eigenvalue weighted by Gasteiger charge is 2.51. The highest BCUT2D eigenvalue weighted by Crippen LogP contribution is 2.47. The molecule has 0 saturated carbocycles. The second-order valence-electron chi connectivity index (χ2n) is 13.0. The lowest BCUT2D eigenvalue weighted by Gasteiger charge is -2.36. The molecule has 5 bridgehead atoms. The topological polar surface area (TPSA) is 195 Å². The first-order valence-electron chi connectivity index (χ1n) is 16.1. The summed E-state index contributed by atoms with van der Waals surface area (Å²) in [6.07, 6.45) is 3.62. The number of ether oxygens (including phenoxy) is 4. The molecule has 8 atom stereocenters. The van der Waals surface area contributed by atoms with E-state index in [9.17, 15) is 39.3 Å². The van der Waals surface area contributed by atoms with Crippen LogP contribution in [0.5, 0.6) is 11.5 Å². The van der Waals surface area contributed by atoms with Crippen molar-refractivity contribution in [3.05, 3.63) is 82.3 Å². The van der Waals surface area contributed by atoms with Crippen LogP contribution in [-0.2, 0) is 23.8 Å². The molecule has 0 unspecified atom stereocenters. The molecular weight excluding hydrogens is 650 g/mol. The molecule has 3 heterocycles. The largest absolute Gasteiger partial charge is 0.507 e. The first kappa shape index (κ1) is 38.0. The van der Waals surface area contributed by atoms with Crippen LogP contribution in [0.4, 0.5) is 0 Å². The number of rotatable bonds is 2. The molecule has 1 aromatic rings. The molecule has 50 heavy (non-hydrogen) atoms. The number of allylic oxidation sites excluding steroid dienone is 4. The molecule has 0 spiro atoms. The van der Waals surface area contributed by atoms with E-state index in [4.69, 9.17) is 18.9 Å². The van der Waals surface area contributed by atoms with Gasteiger partial charge in [0.05, 0.1) is 40.9 Å². The Balaban J connectivity index is 1.83. The summed E-state index contributed by atoms with van der Waals surface area (Å²) in [6.45, 7) is 14.4. The number of esters is 1. The van der Waals surface area contributed by atoms with Gasteiger partial charge in [0.1, 0.15) is 23.7 Å². The van der Waals surface area contributed by atoms with Crippen molar-refractivity contribution in [2.45, 2.75) is 78.7 Å². The van der Waals surface area contributed by atoms with E-state index >= 15 is 0 Å². The lowest BCUT2D eigenvalue weighted by Crippen LogP contribution is -2.44. The van der Waals surface area contributed by atoms with Crippen molar-refractivity contribution in [1.82, 2.24) is 5.32 Å². The molecule has 1 aromatic carbocycles. The van der Waals surface area contributed by atoms with E-state index in [1.165, 1.54) is 53.0 Å². The van der Waals surface area contributed by atoms with Crippen LogP contribution in [0.15, 0.2) is 60.1 Å². The number of methoxy groups -OCH3 is 1. The van der Waals surface area contributed by atoms with E-state index in [2.05, 4.69) is 11.9 Å². The Hall–Kier alpha value is -4.85. The van der Waals surface area contributed by atoms with E-state index in [1.807, 2.05) is 0 Å². The number of benzene rings is 1. The Bertz CT molecular complexity index is 1770. The third-order valence-corrected chi connectivity index (χ3v) is 9.41. The molecule has 13 nitrogen and oxygen atoms in total. The van der Waals surface area contributed by atoms with Crippen molar-refractivity contribution in [3.63, 3.8) is 0 Å². The van der Waals surface area contributed by atoms with Crippen LogP contribution in [0, 0.1) is 24.7 Å². The highest BCUT2D eigenvalue weighted by atomic mass is 16.7. The maximum atomic E-state index is 13.9. The molecule has 5 rings (SSSR count). The van der Waals surface area contributed by atoms with Crippen molar-refractivity contribution < 1.29 is 58.2 Å². The minimum Gasteiger partial charge on any atom is -0.507 e. The average Bonchev–Trinajstić information content (AvgIpc) is 3.33. The number of aromatic hydroxyl groups is 1. The van der Waals surface area contributed by atoms with Gasteiger partial charge in [-0.1, -0.05) is 45.6 Å². The quantitative estimate of drug-likeness (QED) is 0.260. The van der Waals surface area contributed by atoms with Gasteiger partial charge >= 0.3 is 11.8 Å². The van der Waals surface area contributed by atoms with Crippen molar-refractivity contribution in [1.29, 1.82) is 0 Å². The molecular formula is C37H43NO12. The van der Waals surface area contributed by atoms with Gasteiger partial charge in [0, 0.05) is 55.9 Å². The maximum Gasteiger partial charge on any atom is 0.312 e. The molecule has 1 aliphatic carbocycles. The van der Waals surface area contributed by atoms with Gasteiger partial charge in [0.2, 0.25) is 5.78 Å². The van der Waals surface area contributed by atoms with E-state index in [0.717, 1.165) is 12.3 Å². The normalized spacial score (nSPS) is 33.0. The average molecular weight is 694 g/mol. The van der Waals surface area contributed by atoms with E-state index in [-0.39, 0.29) is 28.0 Å². The number of phenolic OH excluding ortho intramolecular Hbond substituents is 1. The number of aliphatic hydroxyl groups is 2. The van der Waals surface area contributed by atoms with Gasteiger partial charge < -0.3 is 39.6 Å². The summed E-state index contributed by atoms with van der Waals surface area (Å²) < 4.78 is 22.8. The van der Waals surface area contributed by atoms with Crippen molar-refractivity contribution >= 4 is 29.2 Å². The molecule has 0 aromatic heterocycles. The number of hydrogen-bond donors (Lipinski definition) is 4. The zero-order chi connectivity index (χ0) is 37.4. The predicted octanol–water partition coefficient (Wildman–Crippen LogP) is 3.55. The van der Waals surface area contributed by atoms with E-state index in [1.54, 1.807) is 26.8 Å². The number of ketones is 3. The van der Waals surface area contributed by atoms with Gasteiger partial charge in [-0.05, 0) is 25.5 Å². The van der Waals surface area contributed by atoms with E-state index in [0.29, 0.717) is 0 Å². The van der Waals surface area contributed by atoms with Crippen molar-refractivity contribution in [3.8, 4) is 11.5 Å². The third kappa shape index (κ3) is 6.93. The fourth-order valence-electron chi connectivity index (χ4n) is 6.27. The summed E-state index contributed by atoms with van der Waals surface area (Å²) in [6, 6.07) is 0. The van der Waals surface area contributed by atoms with Crippen LogP contribution in [0.1, 0.15) is 78.2 Å². The third-order valence-electron chi connectivity index (χ3n) is 9.41. The number of phenols is 1. The Morgan fingerprint density at radius 3 is 2.28 bits per heavy atom. The number of carbonyl (C=O) groups excluding carboxylic acids is 5. The zero-order valence-electron chi connectivity index (χ0n) is 29.2. The molecule has 1 amide bonds. The predicted molar refractivity (Wildman–Crippen MR) is 179 cm³/mol. The summed E-state index contributed by atoms with van der Waals surface area (Å²) in [5, 5.41) is 36.0. The number of hydrogen-bond acceptors (Lipinski definition) is 12. The number of amides is 1. The molecule has 3 aliphatic heterocycles. The van der Waals surface area contributed by atoms with Crippen LogP contribution in [0.2, 0.25) is 0 Å². The van der Waals surface area contributed by atoms with Gasteiger partial charge in [0.25, 0.3) is 11.7 Å². The van der Waals surface area contributed by atoms with Crippen molar-refractivity contribution in [2.24, 2.45) is 17.8 Å². The first-order chi connectivity index (χ1) is 23.4. The minimum atomic E-state index is -2.06. The molecule has 0 saturated heterocycles. The second-order valence-corrected chi connectivity index (χ2v) is 13.0. The van der Waals surface area contributed by atoms with Gasteiger partial charge in [-0.15, -0.1) is 0 Å². The summed E-state index contributed by atoms with van der Waals surface area (Å²) in [5.41, 5.74) is -1.17. The Labute approximate surface area is 289 Å². The van der Waals surface area contributed by atoms with Gasteiger partial charge in [-0.25, -0.2) is 0 Å². The Morgan fingerprint density at radius 2 is 1.66 bits per heavy atom. The summed E-state index contributed by atoms with van der Waals surface area (Å²) >= 11 is 0. The van der Waals surface area contributed by atoms with Crippen LogP contribution >= 0.6 is 0 Å². The molecule has 4 N–H and O–H groups in total. The Morgan fingerprint density at radius 1 is 1.00 bits per heavy atom. The second kappa shape index (κ2) is 14.6. The van der Waals surface area contributed by atoms with Crippen molar-refractivity contribution in [2.75, 3.05) is 7.11 Å². The Kier molecular flexibility index (Phi) is 11.1. The fraction of sp³-hybridized carbons (Fsp3) is 0.432. The van der Waals surface area contributed by atoms with Gasteiger partial charge in [-0.3, -0.25) is 24.0 Å².